The van der Waals surface area contributed by atoms with E-state index in [2.05, 4.69) is 16.0 Å². The van der Waals surface area contributed by atoms with E-state index in [1.807, 2.05) is 50.2 Å². The number of amides is 3. The van der Waals surface area contributed by atoms with Gasteiger partial charge in [0, 0.05) is 38.3 Å². The molecule has 0 unspecified atom stereocenters. The minimum atomic E-state index is -0.255. The Bertz CT molecular complexity index is 1100. The fourth-order valence-corrected chi connectivity index (χ4v) is 3.22. The zero-order valence-corrected chi connectivity index (χ0v) is 17.4. The number of rotatable bonds is 7. The van der Waals surface area contributed by atoms with Gasteiger partial charge in [0.15, 0.2) is 0 Å². The van der Waals surface area contributed by atoms with E-state index in [0.29, 0.717) is 18.8 Å². The third-order valence-electron chi connectivity index (χ3n) is 4.74. The van der Waals surface area contributed by atoms with Gasteiger partial charge < -0.3 is 16.0 Å². The number of anilines is 1. The lowest BCUT2D eigenvalue weighted by Gasteiger charge is -2.11. The first-order chi connectivity index (χ1) is 14.3. The van der Waals surface area contributed by atoms with Gasteiger partial charge in [-0.15, -0.1) is 0 Å². The van der Waals surface area contributed by atoms with Crippen LogP contribution < -0.4 is 21.6 Å². The van der Waals surface area contributed by atoms with Crippen molar-refractivity contribution in [2.45, 2.75) is 39.4 Å². The summed E-state index contributed by atoms with van der Waals surface area (Å²) in [6.07, 6.45) is 0.211. The maximum atomic E-state index is 12.4. The molecule has 2 aromatic carbocycles. The van der Waals surface area contributed by atoms with Crippen LogP contribution in [0.1, 0.15) is 25.8 Å². The number of aryl methyl sites for hydroxylation is 2. The van der Waals surface area contributed by atoms with Crippen LogP contribution >= 0.6 is 0 Å². The number of imidazole rings is 1. The van der Waals surface area contributed by atoms with Crippen molar-refractivity contribution in [1.29, 1.82) is 0 Å². The SMILES string of the molecule is CC(C)NC(=O)Nc1ccc(CNC(=O)CCn2c(=O)n(C)c3ccccc32)cc1. The molecular formula is C22H27N5O3. The fraction of sp³-hybridized carbons (Fsp3) is 0.318. The van der Waals surface area contributed by atoms with Crippen molar-refractivity contribution >= 4 is 28.7 Å². The van der Waals surface area contributed by atoms with E-state index >= 15 is 0 Å². The summed E-state index contributed by atoms with van der Waals surface area (Å²) in [5, 5.41) is 8.38. The van der Waals surface area contributed by atoms with E-state index in [-0.39, 0.29) is 30.1 Å². The van der Waals surface area contributed by atoms with E-state index < -0.39 is 0 Å². The molecule has 30 heavy (non-hydrogen) atoms. The van der Waals surface area contributed by atoms with Gasteiger partial charge in [0.2, 0.25) is 5.91 Å². The number of benzene rings is 2. The van der Waals surface area contributed by atoms with Crippen molar-refractivity contribution in [2.24, 2.45) is 7.05 Å². The molecule has 0 fully saturated rings. The summed E-state index contributed by atoms with van der Waals surface area (Å²) in [7, 11) is 1.73. The summed E-state index contributed by atoms with van der Waals surface area (Å²) < 4.78 is 3.21. The number of hydrogen-bond donors (Lipinski definition) is 3. The number of nitrogens with one attached hydrogen (secondary N) is 3. The number of hydrogen-bond acceptors (Lipinski definition) is 3. The molecular weight excluding hydrogens is 382 g/mol. The number of fused-ring (bicyclic) bond motifs is 1. The molecule has 0 saturated carbocycles. The summed E-state index contributed by atoms with van der Waals surface area (Å²) >= 11 is 0. The average Bonchev–Trinajstić information content (AvgIpc) is 2.95. The van der Waals surface area contributed by atoms with E-state index in [4.69, 9.17) is 0 Å². The van der Waals surface area contributed by atoms with E-state index in [1.54, 1.807) is 28.3 Å². The zero-order chi connectivity index (χ0) is 21.7. The molecule has 1 aromatic heterocycles. The minimum absolute atomic E-state index is 0.0595. The molecule has 158 valence electrons. The molecule has 3 aromatic rings. The number of aromatic nitrogens is 2. The molecule has 0 aliphatic rings. The molecule has 3 N–H and O–H groups in total. The maximum absolute atomic E-state index is 12.4. The highest BCUT2D eigenvalue weighted by Crippen LogP contribution is 2.12. The van der Waals surface area contributed by atoms with Crippen molar-refractivity contribution in [3.05, 3.63) is 64.6 Å². The lowest BCUT2D eigenvalue weighted by Crippen LogP contribution is -2.34. The summed E-state index contributed by atoms with van der Waals surface area (Å²) in [4.78, 5) is 36.4. The second-order valence-electron chi connectivity index (χ2n) is 7.46. The number of urea groups is 1. The van der Waals surface area contributed by atoms with Gasteiger partial charge in [0.05, 0.1) is 11.0 Å². The lowest BCUT2D eigenvalue weighted by atomic mass is 10.2. The van der Waals surface area contributed by atoms with Crippen molar-refractivity contribution in [3.63, 3.8) is 0 Å². The predicted octanol–water partition coefficient (Wildman–Crippen LogP) is 2.58. The van der Waals surface area contributed by atoms with Gasteiger partial charge in [0.1, 0.15) is 0 Å². The summed E-state index contributed by atoms with van der Waals surface area (Å²) in [5.41, 5.74) is 3.13. The Hall–Kier alpha value is -3.55. The van der Waals surface area contributed by atoms with E-state index in [0.717, 1.165) is 16.6 Å². The van der Waals surface area contributed by atoms with Gasteiger partial charge in [-0.3, -0.25) is 13.9 Å². The van der Waals surface area contributed by atoms with Crippen LogP contribution in [0.25, 0.3) is 11.0 Å². The van der Waals surface area contributed by atoms with Crippen LogP contribution in [0.15, 0.2) is 53.3 Å². The quantitative estimate of drug-likeness (QED) is 0.559. The normalized spacial score (nSPS) is 10.9. The molecule has 8 nitrogen and oxygen atoms in total. The van der Waals surface area contributed by atoms with Crippen LogP contribution in [0.2, 0.25) is 0 Å². The Morgan fingerprint density at radius 1 is 1.00 bits per heavy atom. The molecule has 0 aliphatic carbocycles. The smallest absolute Gasteiger partial charge is 0.328 e. The van der Waals surface area contributed by atoms with Crippen LogP contribution in [0.4, 0.5) is 10.5 Å². The van der Waals surface area contributed by atoms with Crippen molar-refractivity contribution in [3.8, 4) is 0 Å². The van der Waals surface area contributed by atoms with Gasteiger partial charge in [-0.05, 0) is 43.7 Å². The first kappa shape index (κ1) is 21.2. The van der Waals surface area contributed by atoms with Gasteiger partial charge in [-0.1, -0.05) is 24.3 Å². The second kappa shape index (κ2) is 9.30. The molecule has 8 heteroatoms. The highest BCUT2D eigenvalue weighted by atomic mass is 16.2. The molecule has 3 amide bonds. The summed E-state index contributed by atoms with van der Waals surface area (Å²) in [6, 6.07) is 14.6. The third kappa shape index (κ3) is 5.08. The van der Waals surface area contributed by atoms with E-state index in [9.17, 15) is 14.4 Å². The topological polar surface area (TPSA) is 97.2 Å². The molecule has 0 atom stereocenters. The molecule has 0 bridgehead atoms. The highest BCUT2D eigenvalue weighted by Gasteiger charge is 2.11. The molecule has 0 saturated heterocycles. The first-order valence-corrected chi connectivity index (χ1v) is 9.92. The third-order valence-corrected chi connectivity index (χ3v) is 4.74. The minimum Gasteiger partial charge on any atom is -0.352 e. The number of nitrogens with zero attached hydrogens (tertiary/aromatic N) is 2. The highest BCUT2D eigenvalue weighted by molar-refractivity contribution is 5.89. The molecule has 1 heterocycles. The molecule has 0 spiro atoms. The zero-order valence-electron chi connectivity index (χ0n) is 17.4. The second-order valence-corrected chi connectivity index (χ2v) is 7.46. The standard InChI is InChI=1S/C22H27N5O3/c1-15(2)24-21(29)25-17-10-8-16(9-11-17)14-23-20(28)12-13-27-19-7-5-4-6-18(19)26(3)22(27)30/h4-11,15H,12-14H2,1-3H3,(H,23,28)(H2,24,25,29). The van der Waals surface area contributed by atoms with Gasteiger partial charge in [0.25, 0.3) is 0 Å². The van der Waals surface area contributed by atoms with Crippen molar-refractivity contribution in [2.75, 3.05) is 5.32 Å². The first-order valence-electron chi connectivity index (χ1n) is 9.92. The monoisotopic (exact) mass is 409 g/mol. The molecule has 3 rings (SSSR count). The van der Waals surface area contributed by atoms with E-state index in [1.165, 1.54) is 0 Å². The van der Waals surface area contributed by atoms with Crippen LogP contribution in [0.3, 0.4) is 0 Å². The van der Waals surface area contributed by atoms with Crippen LogP contribution in [0.5, 0.6) is 0 Å². The van der Waals surface area contributed by atoms with Crippen LogP contribution in [-0.4, -0.2) is 27.1 Å². The lowest BCUT2D eigenvalue weighted by molar-refractivity contribution is -0.121. The van der Waals surface area contributed by atoms with Gasteiger partial charge in [-0.2, -0.15) is 0 Å². The van der Waals surface area contributed by atoms with Crippen LogP contribution in [0, 0.1) is 0 Å². The Labute approximate surface area is 174 Å². The fourth-order valence-electron chi connectivity index (χ4n) is 3.22. The average molecular weight is 409 g/mol. The number of carbonyl (C=O) groups excluding carboxylic acids is 2. The number of para-hydroxylation sites is 2. The van der Waals surface area contributed by atoms with Gasteiger partial charge in [-0.25, -0.2) is 9.59 Å². The largest absolute Gasteiger partial charge is 0.352 e. The summed E-state index contributed by atoms with van der Waals surface area (Å²) in [6.45, 7) is 4.48. The van der Waals surface area contributed by atoms with Crippen LogP contribution in [-0.2, 0) is 24.9 Å². The Morgan fingerprint density at radius 3 is 2.33 bits per heavy atom. The van der Waals surface area contributed by atoms with Crippen molar-refractivity contribution in [1.82, 2.24) is 19.8 Å². The Morgan fingerprint density at radius 2 is 1.67 bits per heavy atom. The molecule has 0 radical (unpaired) electrons. The van der Waals surface area contributed by atoms with Crippen molar-refractivity contribution < 1.29 is 9.59 Å². The van der Waals surface area contributed by atoms with Gasteiger partial charge >= 0.3 is 11.7 Å². The Kier molecular flexibility index (Phi) is 6.56. The number of carbonyl (C=O) groups is 2. The Balaban J connectivity index is 1.51. The predicted molar refractivity (Wildman–Crippen MR) is 117 cm³/mol. The molecule has 0 aliphatic heterocycles. The summed E-state index contributed by atoms with van der Waals surface area (Å²) in [5.74, 6) is -0.131. The maximum Gasteiger partial charge on any atom is 0.328 e.